The summed E-state index contributed by atoms with van der Waals surface area (Å²) < 4.78 is 0. The fourth-order valence-corrected chi connectivity index (χ4v) is 7.94. The van der Waals surface area contributed by atoms with Gasteiger partial charge in [-0.3, -0.25) is 0 Å². The Morgan fingerprint density at radius 3 is 1.57 bits per heavy atom. The van der Waals surface area contributed by atoms with Crippen molar-refractivity contribution in [1.29, 1.82) is 0 Å². The van der Waals surface area contributed by atoms with Gasteiger partial charge in [-0.05, 0) is 98.4 Å². The molecule has 0 bridgehead atoms. The van der Waals surface area contributed by atoms with E-state index in [1.165, 1.54) is 98.4 Å². The summed E-state index contributed by atoms with van der Waals surface area (Å²) in [7, 11) is 0. The number of hydrogen-bond donors (Lipinski definition) is 0. The molecule has 0 amide bonds. The van der Waals surface area contributed by atoms with Crippen molar-refractivity contribution in [3.05, 3.63) is 146 Å². The molecule has 0 aliphatic heterocycles. The smallest absolute Gasteiger partial charge is 0.000697 e. The van der Waals surface area contributed by atoms with Crippen molar-refractivity contribution >= 4 is 53.9 Å². The molecular weight excluding hydrogens is 504 g/mol. The van der Waals surface area contributed by atoms with Gasteiger partial charge in [0.15, 0.2) is 0 Å². The van der Waals surface area contributed by atoms with Crippen molar-refractivity contribution in [2.45, 2.75) is 0 Å². The minimum absolute atomic E-state index is 1.26. The SMILES string of the molecule is c1ccc(-c2ccc3c4c5c(c(-c6ccccc6)c6cccc(c7cccc2c73)c64)-c2cccc3cccc-5c23)cc1. The number of benzene rings is 9. The summed E-state index contributed by atoms with van der Waals surface area (Å²) in [6.45, 7) is 0. The molecule has 0 heteroatoms. The van der Waals surface area contributed by atoms with Crippen LogP contribution in [0.25, 0.3) is 98.4 Å². The molecule has 0 saturated heterocycles. The summed E-state index contributed by atoms with van der Waals surface area (Å²) in [5.41, 5.74) is 10.6. The maximum Gasteiger partial charge on any atom is -0.000697 e. The Bertz CT molecular complexity index is 2530. The molecule has 0 unspecified atom stereocenters. The van der Waals surface area contributed by atoms with Crippen LogP contribution in [0.1, 0.15) is 0 Å². The number of hydrogen-bond acceptors (Lipinski definition) is 0. The van der Waals surface area contributed by atoms with Crippen LogP contribution in [0, 0.1) is 0 Å². The van der Waals surface area contributed by atoms with Crippen LogP contribution < -0.4 is 0 Å². The van der Waals surface area contributed by atoms with Crippen molar-refractivity contribution in [2.24, 2.45) is 0 Å². The van der Waals surface area contributed by atoms with Crippen LogP contribution in [0.5, 0.6) is 0 Å². The average molecular weight is 529 g/mol. The van der Waals surface area contributed by atoms with E-state index >= 15 is 0 Å². The lowest BCUT2D eigenvalue weighted by atomic mass is 9.80. The monoisotopic (exact) mass is 528 g/mol. The molecule has 0 fully saturated rings. The summed E-state index contributed by atoms with van der Waals surface area (Å²) >= 11 is 0. The quantitative estimate of drug-likeness (QED) is 0.155. The van der Waals surface area contributed by atoms with Crippen molar-refractivity contribution in [1.82, 2.24) is 0 Å². The van der Waals surface area contributed by atoms with Crippen molar-refractivity contribution in [3.8, 4) is 44.5 Å². The van der Waals surface area contributed by atoms with E-state index in [2.05, 4.69) is 146 Å². The maximum absolute atomic E-state index is 2.39. The minimum atomic E-state index is 1.26. The molecule has 0 nitrogen and oxygen atoms in total. The Morgan fingerprint density at radius 1 is 0.238 bits per heavy atom. The van der Waals surface area contributed by atoms with Gasteiger partial charge in [0.2, 0.25) is 0 Å². The van der Waals surface area contributed by atoms with Gasteiger partial charge in [-0.15, -0.1) is 0 Å². The first-order chi connectivity index (χ1) is 20.9. The van der Waals surface area contributed by atoms with Crippen molar-refractivity contribution < 1.29 is 0 Å². The second kappa shape index (κ2) is 8.06. The van der Waals surface area contributed by atoms with E-state index in [9.17, 15) is 0 Å². The summed E-state index contributed by atoms with van der Waals surface area (Å²) in [6.07, 6.45) is 0. The standard InChI is InChI=1S/C42H24/c1-3-11-25(12-4-1)28-23-24-35-38-29(28)17-9-18-30(38)31-19-10-22-34-37(27-13-5-2-6-14-27)40-32-20-7-15-26-16-8-21-33(36(26)32)42(40)41(35)39(31)34/h1-24H. The molecule has 0 N–H and O–H groups in total. The van der Waals surface area contributed by atoms with E-state index < -0.39 is 0 Å². The Morgan fingerprint density at radius 2 is 0.833 bits per heavy atom. The zero-order chi connectivity index (χ0) is 27.4. The van der Waals surface area contributed by atoms with E-state index in [1.807, 2.05) is 0 Å². The van der Waals surface area contributed by atoms with E-state index in [4.69, 9.17) is 0 Å². The first-order valence-corrected chi connectivity index (χ1v) is 14.7. The normalized spacial score (nSPS) is 12.3. The molecule has 192 valence electrons. The van der Waals surface area contributed by atoms with Crippen LogP contribution in [-0.2, 0) is 0 Å². The molecule has 0 heterocycles. The molecular formula is C42H24. The molecule has 9 aromatic carbocycles. The lowest BCUT2D eigenvalue weighted by Gasteiger charge is -2.22. The second-order valence-corrected chi connectivity index (χ2v) is 11.6. The molecule has 0 spiro atoms. The fraction of sp³-hybridized carbons (Fsp3) is 0. The first kappa shape index (κ1) is 22.3. The molecule has 1 aliphatic rings. The van der Waals surface area contributed by atoms with E-state index in [1.54, 1.807) is 0 Å². The zero-order valence-electron chi connectivity index (χ0n) is 22.9. The Kier molecular flexibility index (Phi) is 4.27. The Balaban J connectivity index is 1.51. The van der Waals surface area contributed by atoms with Crippen molar-refractivity contribution in [2.75, 3.05) is 0 Å². The first-order valence-electron chi connectivity index (χ1n) is 14.7. The van der Waals surface area contributed by atoms with Gasteiger partial charge >= 0.3 is 0 Å². The van der Waals surface area contributed by atoms with E-state index in [0.29, 0.717) is 0 Å². The lowest BCUT2D eigenvalue weighted by Crippen LogP contribution is -1.94. The maximum atomic E-state index is 2.39. The summed E-state index contributed by atoms with van der Waals surface area (Å²) in [5, 5.41) is 13.4. The highest BCUT2D eigenvalue weighted by Gasteiger charge is 2.30. The van der Waals surface area contributed by atoms with Gasteiger partial charge in [0.1, 0.15) is 0 Å². The summed E-state index contributed by atoms with van der Waals surface area (Å²) in [6, 6.07) is 54.0. The molecule has 10 rings (SSSR count). The molecule has 42 heavy (non-hydrogen) atoms. The summed E-state index contributed by atoms with van der Waals surface area (Å²) in [4.78, 5) is 0. The van der Waals surface area contributed by atoms with Gasteiger partial charge in [-0.2, -0.15) is 0 Å². The van der Waals surface area contributed by atoms with Gasteiger partial charge in [0.05, 0.1) is 0 Å². The van der Waals surface area contributed by atoms with Crippen LogP contribution in [0.2, 0.25) is 0 Å². The average Bonchev–Trinajstić information content (AvgIpc) is 3.39. The Hall–Kier alpha value is -5.46. The zero-order valence-corrected chi connectivity index (χ0v) is 22.9. The number of fused-ring (bicyclic) bond motifs is 6. The third-order valence-electron chi connectivity index (χ3n) is 9.52. The third-order valence-corrected chi connectivity index (χ3v) is 9.52. The summed E-state index contributed by atoms with van der Waals surface area (Å²) in [5.74, 6) is 0. The molecule has 0 atom stereocenters. The van der Waals surface area contributed by atoms with E-state index in [0.717, 1.165) is 0 Å². The van der Waals surface area contributed by atoms with Crippen LogP contribution >= 0.6 is 0 Å². The molecule has 0 aromatic heterocycles. The van der Waals surface area contributed by atoms with Crippen LogP contribution in [0.15, 0.2) is 146 Å². The lowest BCUT2D eigenvalue weighted by molar-refractivity contribution is 1.66. The largest absolute Gasteiger partial charge is 0.0622 e. The predicted octanol–water partition coefficient (Wildman–Crippen LogP) is 11.9. The van der Waals surface area contributed by atoms with Gasteiger partial charge in [0.25, 0.3) is 0 Å². The molecule has 0 saturated carbocycles. The molecule has 1 aliphatic carbocycles. The highest BCUT2D eigenvalue weighted by Crippen LogP contribution is 2.58. The highest BCUT2D eigenvalue weighted by molar-refractivity contribution is 6.41. The van der Waals surface area contributed by atoms with Crippen LogP contribution in [0.4, 0.5) is 0 Å². The molecule has 0 radical (unpaired) electrons. The minimum Gasteiger partial charge on any atom is -0.0622 e. The van der Waals surface area contributed by atoms with Crippen molar-refractivity contribution in [3.63, 3.8) is 0 Å². The van der Waals surface area contributed by atoms with Gasteiger partial charge < -0.3 is 0 Å². The van der Waals surface area contributed by atoms with E-state index in [-0.39, 0.29) is 0 Å². The van der Waals surface area contributed by atoms with Gasteiger partial charge in [-0.25, -0.2) is 0 Å². The van der Waals surface area contributed by atoms with Crippen LogP contribution in [-0.4, -0.2) is 0 Å². The second-order valence-electron chi connectivity index (χ2n) is 11.6. The Labute approximate surface area is 243 Å². The fourth-order valence-electron chi connectivity index (χ4n) is 7.94. The van der Waals surface area contributed by atoms with Gasteiger partial charge in [-0.1, -0.05) is 146 Å². The van der Waals surface area contributed by atoms with Crippen LogP contribution in [0.3, 0.4) is 0 Å². The van der Waals surface area contributed by atoms with Gasteiger partial charge in [0, 0.05) is 0 Å². The highest BCUT2D eigenvalue weighted by atomic mass is 14.3. The number of rotatable bonds is 2. The topological polar surface area (TPSA) is 0 Å². The molecule has 9 aromatic rings. The predicted molar refractivity (Wildman–Crippen MR) is 180 cm³/mol. The third kappa shape index (κ3) is 2.72.